The molecule has 0 bridgehead atoms. The third kappa shape index (κ3) is 9.38. The molecular weight excluding hydrogens is 602 g/mol. The second kappa shape index (κ2) is 17.3. The number of nitrogens with zero attached hydrogens (tertiary/aromatic N) is 2. The van der Waals surface area contributed by atoms with E-state index >= 15 is 0 Å². The Labute approximate surface area is 288 Å². The first-order chi connectivity index (χ1) is 22.4. The highest BCUT2D eigenvalue weighted by Gasteiger charge is 2.41. The van der Waals surface area contributed by atoms with Gasteiger partial charge in [-0.15, -0.1) is 0 Å². The van der Waals surface area contributed by atoms with Gasteiger partial charge in [0, 0.05) is 0 Å². The standard InChI is InChI=1S/C21H28FNO.C20H24FNO.CH4/c1-5-17-15-16(2)7-12-20(17)21(24,13-6-14-23(3)4)18-8-10-19(22)11-9-18;1-15-5-10-19-16(13-15)14-23-20(19,11-4-12-22(2)3)17-6-8-18(21)9-7-17;/h7-12,15,24H,5-6,13-14H2,1-4H3;5-10,13H,4,11-12,14H2,1-3H3;1H4/t21-;20-;/m00./s1. The first-order valence-electron chi connectivity index (χ1n) is 16.8. The van der Waals surface area contributed by atoms with Crippen molar-refractivity contribution in [2.24, 2.45) is 0 Å². The molecule has 0 saturated carbocycles. The minimum atomic E-state index is -1.09. The van der Waals surface area contributed by atoms with E-state index in [0.29, 0.717) is 13.0 Å². The summed E-state index contributed by atoms with van der Waals surface area (Å²) in [6, 6.07) is 25.7. The van der Waals surface area contributed by atoms with E-state index in [0.717, 1.165) is 61.0 Å². The van der Waals surface area contributed by atoms with Crippen molar-refractivity contribution >= 4 is 0 Å². The zero-order valence-electron chi connectivity index (χ0n) is 29.2. The highest BCUT2D eigenvalue weighted by atomic mass is 19.1. The van der Waals surface area contributed by atoms with E-state index in [1.54, 1.807) is 12.1 Å². The Bertz CT molecular complexity index is 1590. The molecule has 0 fully saturated rings. The van der Waals surface area contributed by atoms with E-state index in [-0.39, 0.29) is 19.1 Å². The molecule has 4 aromatic rings. The molecular formula is C42H56F2N2O2. The van der Waals surface area contributed by atoms with Crippen LogP contribution in [-0.2, 0) is 29.0 Å². The Morgan fingerprint density at radius 2 is 1.33 bits per heavy atom. The summed E-state index contributed by atoms with van der Waals surface area (Å²) in [5, 5.41) is 11.6. The zero-order chi connectivity index (χ0) is 34.2. The molecule has 1 aliphatic rings. The van der Waals surface area contributed by atoms with E-state index in [1.807, 2.05) is 38.4 Å². The lowest BCUT2D eigenvalue weighted by atomic mass is 9.79. The lowest BCUT2D eigenvalue weighted by Gasteiger charge is -2.32. The maximum Gasteiger partial charge on any atom is 0.123 e. The average molecular weight is 659 g/mol. The van der Waals surface area contributed by atoms with Crippen molar-refractivity contribution in [1.82, 2.24) is 9.80 Å². The first kappa shape index (κ1) is 39.0. The summed E-state index contributed by atoms with van der Waals surface area (Å²) < 4.78 is 33.0. The van der Waals surface area contributed by atoms with Crippen LogP contribution in [-0.4, -0.2) is 56.2 Å². The van der Waals surface area contributed by atoms with Gasteiger partial charge in [-0.1, -0.05) is 86.1 Å². The number of hydrogen-bond acceptors (Lipinski definition) is 4. The Morgan fingerprint density at radius 1 is 0.771 bits per heavy atom. The van der Waals surface area contributed by atoms with Crippen LogP contribution in [0.15, 0.2) is 84.9 Å². The van der Waals surface area contributed by atoms with Gasteiger partial charge in [0.1, 0.15) is 22.8 Å². The van der Waals surface area contributed by atoms with Crippen LogP contribution >= 0.6 is 0 Å². The lowest BCUT2D eigenvalue weighted by molar-refractivity contribution is -0.0140. The smallest absolute Gasteiger partial charge is 0.123 e. The fourth-order valence-electron chi connectivity index (χ4n) is 6.70. The second-order valence-electron chi connectivity index (χ2n) is 13.5. The molecule has 0 unspecified atom stereocenters. The van der Waals surface area contributed by atoms with Gasteiger partial charge in [-0.3, -0.25) is 0 Å². The Hall–Kier alpha value is -3.42. The van der Waals surface area contributed by atoms with Gasteiger partial charge < -0.3 is 19.6 Å². The molecule has 4 aromatic carbocycles. The van der Waals surface area contributed by atoms with Crippen molar-refractivity contribution in [1.29, 1.82) is 0 Å². The van der Waals surface area contributed by atoms with Crippen LogP contribution in [0.5, 0.6) is 0 Å². The largest absolute Gasteiger partial charge is 0.380 e. The molecule has 48 heavy (non-hydrogen) atoms. The molecule has 0 aromatic heterocycles. The number of aryl methyl sites for hydroxylation is 3. The average Bonchev–Trinajstić information content (AvgIpc) is 3.39. The molecule has 260 valence electrons. The highest BCUT2D eigenvalue weighted by Crippen LogP contribution is 2.45. The minimum Gasteiger partial charge on any atom is -0.380 e. The first-order valence-corrected chi connectivity index (χ1v) is 16.8. The molecule has 2 atom stereocenters. The van der Waals surface area contributed by atoms with E-state index in [1.165, 1.54) is 46.5 Å². The zero-order valence-corrected chi connectivity index (χ0v) is 29.2. The Morgan fingerprint density at radius 3 is 1.94 bits per heavy atom. The van der Waals surface area contributed by atoms with Gasteiger partial charge in [-0.2, -0.15) is 0 Å². The van der Waals surface area contributed by atoms with Crippen LogP contribution in [0.4, 0.5) is 8.78 Å². The van der Waals surface area contributed by atoms with Crippen LogP contribution in [0.2, 0.25) is 0 Å². The van der Waals surface area contributed by atoms with Gasteiger partial charge in [0.2, 0.25) is 0 Å². The van der Waals surface area contributed by atoms with Crippen LogP contribution in [0.25, 0.3) is 0 Å². The van der Waals surface area contributed by atoms with Crippen LogP contribution in [0.1, 0.15) is 84.5 Å². The third-order valence-corrected chi connectivity index (χ3v) is 9.17. The number of fused-ring (bicyclic) bond motifs is 1. The quantitative estimate of drug-likeness (QED) is 0.165. The SMILES string of the molecule is C.CCc1cc(C)ccc1[C@](O)(CCCN(C)C)c1ccc(F)cc1.Cc1ccc2c(c1)CO[C@@]2(CCCN(C)C)c1ccc(F)cc1. The van der Waals surface area contributed by atoms with Crippen molar-refractivity contribution < 1.29 is 18.6 Å². The summed E-state index contributed by atoms with van der Waals surface area (Å²) in [5.74, 6) is -0.492. The van der Waals surface area contributed by atoms with Gasteiger partial charge >= 0.3 is 0 Å². The van der Waals surface area contributed by atoms with Gasteiger partial charge in [-0.05, 0) is 145 Å². The normalized spacial score (nSPS) is 16.6. The summed E-state index contributed by atoms with van der Waals surface area (Å²) in [4.78, 5) is 4.30. The highest BCUT2D eigenvalue weighted by molar-refractivity contribution is 5.46. The van der Waals surface area contributed by atoms with Crippen molar-refractivity contribution in [3.63, 3.8) is 0 Å². The molecule has 1 N–H and O–H groups in total. The van der Waals surface area contributed by atoms with Crippen LogP contribution in [0, 0.1) is 25.5 Å². The molecule has 0 radical (unpaired) electrons. The molecule has 0 aliphatic carbocycles. The van der Waals surface area contributed by atoms with Crippen LogP contribution < -0.4 is 0 Å². The van der Waals surface area contributed by atoms with Gasteiger partial charge in [0.05, 0.1) is 6.61 Å². The molecule has 0 amide bonds. The van der Waals surface area contributed by atoms with Crippen LogP contribution in [0.3, 0.4) is 0 Å². The Balaban J connectivity index is 0.000000255. The van der Waals surface area contributed by atoms with Crippen molar-refractivity contribution in [2.75, 3.05) is 41.3 Å². The molecule has 6 heteroatoms. The number of rotatable bonds is 12. The van der Waals surface area contributed by atoms with E-state index in [2.05, 4.69) is 68.9 Å². The molecule has 4 nitrogen and oxygen atoms in total. The van der Waals surface area contributed by atoms with E-state index in [9.17, 15) is 13.9 Å². The molecule has 1 heterocycles. The summed E-state index contributed by atoms with van der Waals surface area (Å²) in [6.45, 7) is 8.79. The van der Waals surface area contributed by atoms with E-state index < -0.39 is 11.2 Å². The maximum absolute atomic E-state index is 13.4. The predicted molar refractivity (Wildman–Crippen MR) is 195 cm³/mol. The minimum absolute atomic E-state index is 0. The summed E-state index contributed by atoms with van der Waals surface area (Å²) in [7, 11) is 8.22. The summed E-state index contributed by atoms with van der Waals surface area (Å²) in [6.07, 6.45) is 4.24. The number of benzene rings is 4. The van der Waals surface area contributed by atoms with Gasteiger partial charge in [-0.25, -0.2) is 8.78 Å². The van der Waals surface area contributed by atoms with Gasteiger partial charge in [0.15, 0.2) is 0 Å². The maximum atomic E-state index is 13.4. The predicted octanol–water partition coefficient (Wildman–Crippen LogP) is 9.16. The number of hydrogen-bond donors (Lipinski definition) is 1. The molecule has 0 saturated heterocycles. The number of halogens is 2. The topological polar surface area (TPSA) is 35.9 Å². The molecule has 0 spiro atoms. The molecule has 1 aliphatic heterocycles. The fraction of sp³-hybridized carbons (Fsp3) is 0.429. The summed E-state index contributed by atoms with van der Waals surface area (Å²) >= 11 is 0. The monoisotopic (exact) mass is 658 g/mol. The Kier molecular flexibility index (Phi) is 14.1. The van der Waals surface area contributed by atoms with Crippen molar-refractivity contribution in [2.45, 2.75) is 78.1 Å². The molecule has 5 rings (SSSR count). The lowest BCUT2D eigenvalue weighted by Crippen LogP contribution is -2.30. The van der Waals surface area contributed by atoms with Gasteiger partial charge in [0.25, 0.3) is 0 Å². The van der Waals surface area contributed by atoms with E-state index in [4.69, 9.17) is 4.74 Å². The van der Waals surface area contributed by atoms with Crippen molar-refractivity contribution in [3.8, 4) is 0 Å². The number of aliphatic hydroxyl groups is 1. The van der Waals surface area contributed by atoms with Crippen molar-refractivity contribution in [3.05, 3.63) is 141 Å². The summed E-state index contributed by atoms with van der Waals surface area (Å²) in [5.41, 5.74) is 7.23. The number of ether oxygens (including phenoxy) is 1. The third-order valence-electron chi connectivity index (χ3n) is 9.17. The second-order valence-corrected chi connectivity index (χ2v) is 13.5. The fourth-order valence-corrected chi connectivity index (χ4v) is 6.70.